The summed E-state index contributed by atoms with van der Waals surface area (Å²) in [4.78, 5) is 0. The van der Waals surface area contributed by atoms with Gasteiger partial charge in [0.15, 0.2) is 0 Å². The van der Waals surface area contributed by atoms with Crippen molar-refractivity contribution >= 4 is 16.8 Å². The van der Waals surface area contributed by atoms with E-state index in [0.29, 0.717) is 18.5 Å². The Hall–Kier alpha value is -0.910. The van der Waals surface area contributed by atoms with Gasteiger partial charge in [-0.2, -0.15) is 0 Å². The number of nitrogens with one attached hydrogen (secondary N) is 1. The predicted molar refractivity (Wildman–Crippen MR) is 53.6 cm³/mol. The summed E-state index contributed by atoms with van der Waals surface area (Å²) in [5.41, 5.74) is 0. The summed E-state index contributed by atoms with van der Waals surface area (Å²) in [6.07, 6.45) is 3.76. The second kappa shape index (κ2) is 3.34. The molecule has 5 nitrogen and oxygen atoms in total. The highest BCUT2D eigenvalue weighted by Gasteiger charge is 2.46. The van der Waals surface area contributed by atoms with Crippen molar-refractivity contribution in [3.63, 3.8) is 0 Å². The Labute approximate surface area is 84.7 Å². The Bertz CT molecular complexity index is 359. The topological polar surface area (TPSA) is 68.0 Å². The molecule has 0 saturated heterocycles. The van der Waals surface area contributed by atoms with Crippen LogP contribution in [0.15, 0.2) is 4.42 Å². The van der Waals surface area contributed by atoms with E-state index in [2.05, 4.69) is 15.5 Å². The van der Waals surface area contributed by atoms with Crippen molar-refractivity contribution in [2.45, 2.75) is 24.5 Å². The third-order valence-corrected chi connectivity index (χ3v) is 4.28. The smallest absolute Gasteiger partial charge is 0.315 e. The number of aryl methyl sites for hydroxylation is 1. The second-order valence-corrected chi connectivity index (χ2v) is 5.39. The minimum Gasteiger partial charge on any atom is -0.408 e. The molecule has 1 aromatic rings. The van der Waals surface area contributed by atoms with Gasteiger partial charge in [0, 0.05) is 30.5 Å². The fourth-order valence-electron chi connectivity index (χ4n) is 1.31. The molecule has 1 aliphatic carbocycles. The molecule has 1 aliphatic rings. The average Bonchev–Trinajstić information content (AvgIpc) is 2.82. The monoisotopic (exact) mass is 215 g/mol. The summed E-state index contributed by atoms with van der Waals surface area (Å²) in [6, 6.07) is 0.416. The van der Waals surface area contributed by atoms with Crippen LogP contribution in [0.25, 0.3) is 0 Å². The summed E-state index contributed by atoms with van der Waals surface area (Å²) >= 11 is 0. The minimum atomic E-state index is -0.784. The van der Waals surface area contributed by atoms with Crippen LogP contribution in [0.3, 0.4) is 0 Å². The van der Waals surface area contributed by atoms with Crippen LogP contribution in [0.5, 0.6) is 0 Å². The summed E-state index contributed by atoms with van der Waals surface area (Å²) < 4.78 is 16.5. The summed E-state index contributed by atoms with van der Waals surface area (Å²) in [5, 5.41) is 10.5. The molecule has 78 valence electrons. The van der Waals surface area contributed by atoms with Crippen LogP contribution < -0.4 is 5.32 Å². The summed E-state index contributed by atoms with van der Waals surface area (Å²) in [7, 11) is -0.784. The Morgan fingerprint density at radius 3 is 2.71 bits per heavy atom. The van der Waals surface area contributed by atoms with E-state index in [9.17, 15) is 4.21 Å². The minimum absolute atomic E-state index is 0.0532. The molecular formula is C8H13N3O2S. The molecule has 0 bridgehead atoms. The summed E-state index contributed by atoms with van der Waals surface area (Å²) in [6.45, 7) is 2.39. The Balaban J connectivity index is 1.92. The Morgan fingerprint density at radius 2 is 2.29 bits per heavy atom. The number of hydrogen-bond donors (Lipinski definition) is 1. The molecule has 0 radical (unpaired) electrons. The van der Waals surface area contributed by atoms with Crippen LogP contribution in [-0.4, -0.2) is 32.0 Å². The normalized spacial score (nSPS) is 20.4. The lowest BCUT2D eigenvalue weighted by molar-refractivity contribution is 0.530. The van der Waals surface area contributed by atoms with Gasteiger partial charge in [-0.25, -0.2) is 0 Å². The van der Waals surface area contributed by atoms with Gasteiger partial charge < -0.3 is 9.73 Å². The average molecular weight is 215 g/mol. The molecule has 1 aromatic heterocycles. The maximum atomic E-state index is 11.4. The molecule has 6 heteroatoms. The van der Waals surface area contributed by atoms with E-state index in [4.69, 9.17) is 4.42 Å². The molecule has 2 rings (SSSR count). The zero-order chi connectivity index (χ0) is 10.2. The van der Waals surface area contributed by atoms with Crippen LogP contribution >= 0.6 is 0 Å². The lowest BCUT2D eigenvalue weighted by Gasteiger charge is -2.10. The van der Waals surface area contributed by atoms with Crippen molar-refractivity contribution in [3.8, 4) is 0 Å². The Kier molecular flexibility index (Phi) is 2.30. The largest absolute Gasteiger partial charge is 0.408 e. The quantitative estimate of drug-likeness (QED) is 0.800. The summed E-state index contributed by atoms with van der Waals surface area (Å²) in [5.74, 6) is 0.537. The third kappa shape index (κ3) is 1.79. The molecule has 1 atom stereocenters. The standard InChI is InChI=1S/C8H13N3O2S/c1-6-10-11-7(13-6)9-5-8(3-4-8)14(2)12/h3-5H2,1-2H3,(H,9,11). The molecule has 0 aliphatic heterocycles. The Morgan fingerprint density at radius 1 is 1.57 bits per heavy atom. The van der Waals surface area contributed by atoms with Crippen LogP contribution in [0.4, 0.5) is 6.01 Å². The SMILES string of the molecule is Cc1nnc(NCC2(S(C)=O)CC2)o1. The van der Waals surface area contributed by atoms with Crippen LogP contribution in [0.1, 0.15) is 18.7 Å². The van der Waals surface area contributed by atoms with E-state index < -0.39 is 10.8 Å². The molecule has 1 heterocycles. The second-order valence-electron chi connectivity index (χ2n) is 3.62. The van der Waals surface area contributed by atoms with Crippen molar-refractivity contribution in [1.29, 1.82) is 0 Å². The number of aromatic nitrogens is 2. The van der Waals surface area contributed by atoms with Gasteiger partial charge in [-0.15, -0.1) is 5.10 Å². The first-order valence-electron chi connectivity index (χ1n) is 4.50. The number of anilines is 1. The molecule has 0 spiro atoms. The number of rotatable bonds is 4. The third-order valence-electron chi connectivity index (χ3n) is 2.51. The van der Waals surface area contributed by atoms with Gasteiger partial charge in [0.25, 0.3) is 0 Å². The van der Waals surface area contributed by atoms with E-state index in [1.165, 1.54) is 0 Å². The lowest BCUT2D eigenvalue weighted by atomic mass is 10.4. The fraction of sp³-hybridized carbons (Fsp3) is 0.750. The van der Waals surface area contributed by atoms with Crippen LogP contribution in [-0.2, 0) is 10.8 Å². The van der Waals surface area contributed by atoms with Gasteiger partial charge in [-0.05, 0) is 12.8 Å². The van der Waals surface area contributed by atoms with E-state index in [1.54, 1.807) is 13.2 Å². The van der Waals surface area contributed by atoms with E-state index >= 15 is 0 Å². The predicted octanol–water partition coefficient (Wildman–Crippen LogP) is 0.701. The van der Waals surface area contributed by atoms with E-state index in [1.807, 2.05) is 0 Å². The first-order chi connectivity index (χ1) is 6.62. The van der Waals surface area contributed by atoms with Crippen LogP contribution in [0, 0.1) is 6.92 Å². The molecule has 0 amide bonds. The zero-order valence-electron chi connectivity index (χ0n) is 8.24. The van der Waals surface area contributed by atoms with Gasteiger partial charge in [0.05, 0.1) is 4.75 Å². The zero-order valence-corrected chi connectivity index (χ0v) is 9.06. The van der Waals surface area contributed by atoms with Gasteiger partial charge >= 0.3 is 6.01 Å². The number of hydrogen-bond acceptors (Lipinski definition) is 5. The molecule has 1 unspecified atom stereocenters. The first kappa shape index (κ1) is 9.64. The first-order valence-corrected chi connectivity index (χ1v) is 6.06. The highest BCUT2D eigenvalue weighted by Crippen LogP contribution is 2.40. The maximum Gasteiger partial charge on any atom is 0.315 e. The van der Waals surface area contributed by atoms with Crippen molar-refractivity contribution in [3.05, 3.63) is 5.89 Å². The van der Waals surface area contributed by atoms with Crippen molar-refractivity contribution < 1.29 is 8.63 Å². The molecule has 14 heavy (non-hydrogen) atoms. The maximum absolute atomic E-state index is 11.4. The van der Waals surface area contributed by atoms with E-state index in [0.717, 1.165) is 12.8 Å². The van der Waals surface area contributed by atoms with E-state index in [-0.39, 0.29) is 4.75 Å². The molecular weight excluding hydrogens is 202 g/mol. The molecule has 1 N–H and O–H groups in total. The van der Waals surface area contributed by atoms with Gasteiger partial charge in [0.2, 0.25) is 5.89 Å². The van der Waals surface area contributed by atoms with Crippen LogP contribution in [0.2, 0.25) is 0 Å². The van der Waals surface area contributed by atoms with Gasteiger partial charge in [-0.1, -0.05) is 5.10 Å². The molecule has 1 saturated carbocycles. The van der Waals surface area contributed by atoms with Crippen molar-refractivity contribution in [2.75, 3.05) is 18.1 Å². The van der Waals surface area contributed by atoms with Gasteiger partial charge in [0.1, 0.15) is 0 Å². The molecule has 0 aromatic carbocycles. The van der Waals surface area contributed by atoms with Crippen molar-refractivity contribution in [1.82, 2.24) is 10.2 Å². The highest BCUT2D eigenvalue weighted by molar-refractivity contribution is 7.86. The number of nitrogens with zero attached hydrogens (tertiary/aromatic N) is 2. The molecule has 1 fully saturated rings. The van der Waals surface area contributed by atoms with Crippen molar-refractivity contribution in [2.24, 2.45) is 0 Å². The highest BCUT2D eigenvalue weighted by atomic mass is 32.2. The fourth-order valence-corrected chi connectivity index (χ4v) is 2.26. The van der Waals surface area contributed by atoms with Gasteiger partial charge in [-0.3, -0.25) is 4.21 Å². The lowest BCUT2D eigenvalue weighted by Crippen LogP contribution is -2.26.